The first-order valence-electron chi connectivity index (χ1n) is 10.6. The summed E-state index contributed by atoms with van der Waals surface area (Å²) in [6.07, 6.45) is 4.52. The molecular weight excluding hydrogens is 382 g/mol. The van der Waals surface area contributed by atoms with E-state index in [1.807, 2.05) is 18.3 Å². The van der Waals surface area contributed by atoms with E-state index < -0.39 is 8.07 Å². The molecule has 29 heavy (non-hydrogen) atoms. The molecule has 6 nitrogen and oxygen atoms in total. The van der Waals surface area contributed by atoms with Crippen molar-refractivity contribution in [1.29, 1.82) is 0 Å². The highest BCUT2D eigenvalue weighted by Gasteiger charge is 2.21. The summed E-state index contributed by atoms with van der Waals surface area (Å²) in [5, 5.41) is 0. The first kappa shape index (κ1) is 22.0. The van der Waals surface area contributed by atoms with Crippen LogP contribution in [0.5, 0.6) is 0 Å². The summed E-state index contributed by atoms with van der Waals surface area (Å²) in [7, 11) is 0.292. The van der Waals surface area contributed by atoms with Crippen LogP contribution in [0, 0.1) is 5.92 Å². The lowest BCUT2D eigenvalue weighted by Crippen LogP contribution is -2.34. The quantitative estimate of drug-likeness (QED) is 0.363. The number of pyridine rings is 1. The third kappa shape index (κ3) is 5.90. The molecule has 3 rings (SSSR count). The average Bonchev–Trinajstić information content (AvgIpc) is 3.07. The Morgan fingerprint density at radius 2 is 2.14 bits per heavy atom. The van der Waals surface area contributed by atoms with Crippen LogP contribution in [0.2, 0.25) is 25.7 Å². The number of methoxy groups -OCH3 is 1. The van der Waals surface area contributed by atoms with Crippen LogP contribution in [0.15, 0.2) is 18.3 Å². The van der Waals surface area contributed by atoms with Crippen LogP contribution in [-0.2, 0) is 22.7 Å². The number of carbonyl (C=O) groups excluding carboxylic acids is 1. The molecule has 0 saturated carbocycles. The van der Waals surface area contributed by atoms with Crippen LogP contribution in [0.3, 0.4) is 0 Å². The largest absolute Gasteiger partial charge is 0.464 e. The molecule has 160 valence electrons. The minimum absolute atomic E-state index is 0.373. The maximum Gasteiger partial charge on any atom is 0.356 e. The molecule has 7 heteroatoms. The van der Waals surface area contributed by atoms with Crippen LogP contribution in [0.25, 0.3) is 11.0 Å². The fraction of sp³-hybridized carbons (Fsp3) is 0.636. The zero-order valence-corrected chi connectivity index (χ0v) is 19.5. The van der Waals surface area contributed by atoms with E-state index in [2.05, 4.69) is 41.0 Å². The number of piperidine rings is 1. The van der Waals surface area contributed by atoms with Gasteiger partial charge in [0.15, 0.2) is 0 Å². The van der Waals surface area contributed by atoms with Crippen molar-refractivity contribution in [2.24, 2.45) is 5.92 Å². The highest BCUT2D eigenvalue weighted by Crippen LogP contribution is 2.25. The second-order valence-electron chi connectivity index (χ2n) is 9.51. The number of ether oxygens (including phenoxy) is 2. The van der Waals surface area contributed by atoms with Crippen LogP contribution >= 0.6 is 0 Å². The van der Waals surface area contributed by atoms with E-state index in [9.17, 15) is 4.79 Å². The summed E-state index contributed by atoms with van der Waals surface area (Å²) < 4.78 is 13.0. The Morgan fingerprint density at radius 1 is 1.34 bits per heavy atom. The van der Waals surface area contributed by atoms with Crippen molar-refractivity contribution >= 4 is 25.1 Å². The predicted octanol–water partition coefficient (Wildman–Crippen LogP) is 4.37. The molecule has 2 aromatic heterocycles. The van der Waals surface area contributed by atoms with E-state index in [1.165, 1.54) is 20.0 Å². The van der Waals surface area contributed by atoms with Gasteiger partial charge in [-0.15, -0.1) is 0 Å². The van der Waals surface area contributed by atoms with Crippen LogP contribution in [-0.4, -0.2) is 55.3 Å². The summed E-state index contributed by atoms with van der Waals surface area (Å²) in [6, 6.07) is 5.01. The Labute approximate surface area is 175 Å². The van der Waals surface area contributed by atoms with Crippen molar-refractivity contribution in [2.45, 2.75) is 58.7 Å². The van der Waals surface area contributed by atoms with Gasteiger partial charge in [0, 0.05) is 34.0 Å². The molecule has 1 atom stereocenters. The second-order valence-corrected chi connectivity index (χ2v) is 15.1. The molecule has 1 fully saturated rings. The monoisotopic (exact) mass is 417 g/mol. The Bertz CT molecular complexity index is 844. The maximum absolute atomic E-state index is 12.1. The van der Waals surface area contributed by atoms with Crippen molar-refractivity contribution in [1.82, 2.24) is 14.5 Å². The minimum Gasteiger partial charge on any atom is -0.464 e. The van der Waals surface area contributed by atoms with E-state index in [0.29, 0.717) is 18.3 Å². The van der Waals surface area contributed by atoms with Gasteiger partial charge in [0.25, 0.3) is 0 Å². The molecule has 3 heterocycles. The lowest BCUT2D eigenvalue weighted by atomic mass is 9.99. The number of aromatic nitrogens is 2. The van der Waals surface area contributed by atoms with Crippen molar-refractivity contribution in [2.75, 3.05) is 26.8 Å². The molecule has 1 aliphatic heterocycles. The zero-order chi connectivity index (χ0) is 21.0. The first-order valence-corrected chi connectivity index (χ1v) is 14.3. The SMILES string of the molecule is COC(=O)c1cc(CN2CCC[C@H](C)C2)c2c(ccn2COCC[Si](C)(C)C)n1. The Balaban J connectivity index is 1.85. The van der Waals surface area contributed by atoms with Gasteiger partial charge in [-0.05, 0) is 49.0 Å². The molecule has 0 spiro atoms. The Kier molecular flexibility index (Phi) is 7.13. The van der Waals surface area contributed by atoms with Crippen LogP contribution in [0.4, 0.5) is 0 Å². The van der Waals surface area contributed by atoms with Gasteiger partial charge in [0.1, 0.15) is 12.4 Å². The zero-order valence-electron chi connectivity index (χ0n) is 18.5. The summed E-state index contributed by atoms with van der Waals surface area (Å²) in [5.41, 5.74) is 3.37. The molecule has 0 aliphatic carbocycles. The molecule has 2 aromatic rings. The maximum atomic E-state index is 12.1. The number of likely N-dealkylation sites (tertiary alicyclic amines) is 1. The molecule has 0 amide bonds. The third-order valence-corrected chi connectivity index (χ3v) is 7.26. The van der Waals surface area contributed by atoms with Crippen LogP contribution < -0.4 is 0 Å². The van der Waals surface area contributed by atoms with E-state index in [4.69, 9.17) is 9.47 Å². The standard InChI is InChI=1S/C22H35N3O3Si/c1-17-7-6-9-24(14-17)15-18-13-20(22(26)27-2)23-19-8-10-25(21(18)19)16-28-11-12-29(3,4)5/h8,10,13,17H,6-7,9,11-12,14-16H2,1-5H3/t17-/m0/s1. The molecule has 0 aromatic carbocycles. The lowest BCUT2D eigenvalue weighted by Gasteiger charge is -2.31. The summed E-state index contributed by atoms with van der Waals surface area (Å²) in [5.74, 6) is 0.317. The number of nitrogens with zero attached hydrogens (tertiary/aromatic N) is 3. The molecular formula is C22H35N3O3Si. The third-order valence-electron chi connectivity index (χ3n) is 5.55. The number of rotatable bonds is 8. The van der Waals surface area contributed by atoms with Crippen molar-refractivity contribution in [3.05, 3.63) is 29.6 Å². The summed E-state index contributed by atoms with van der Waals surface area (Å²) >= 11 is 0. The lowest BCUT2D eigenvalue weighted by molar-refractivity contribution is 0.0594. The van der Waals surface area contributed by atoms with Gasteiger partial charge in [-0.3, -0.25) is 4.90 Å². The number of fused-ring (bicyclic) bond motifs is 1. The molecule has 1 aliphatic rings. The highest BCUT2D eigenvalue weighted by atomic mass is 28.3. The van der Waals surface area contributed by atoms with Gasteiger partial charge in [0.2, 0.25) is 0 Å². The normalized spacial score (nSPS) is 18.3. The van der Waals surface area contributed by atoms with Crippen LogP contribution in [0.1, 0.15) is 35.8 Å². The summed E-state index contributed by atoms with van der Waals surface area (Å²) in [4.78, 5) is 19.2. The molecule has 0 radical (unpaired) electrons. The van der Waals surface area contributed by atoms with Gasteiger partial charge in [-0.1, -0.05) is 26.6 Å². The molecule has 1 saturated heterocycles. The van der Waals surface area contributed by atoms with Crippen molar-refractivity contribution < 1.29 is 14.3 Å². The minimum atomic E-state index is -1.11. The van der Waals surface area contributed by atoms with Gasteiger partial charge in [-0.2, -0.15) is 0 Å². The van der Waals surface area contributed by atoms with E-state index in [-0.39, 0.29) is 5.97 Å². The molecule has 0 bridgehead atoms. The van der Waals surface area contributed by atoms with Crippen molar-refractivity contribution in [3.63, 3.8) is 0 Å². The number of hydrogen-bond donors (Lipinski definition) is 0. The summed E-state index contributed by atoms with van der Waals surface area (Å²) in [6.45, 7) is 13.7. The average molecular weight is 418 g/mol. The van der Waals surface area contributed by atoms with Crippen molar-refractivity contribution in [3.8, 4) is 0 Å². The topological polar surface area (TPSA) is 56.6 Å². The second kappa shape index (κ2) is 9.41. The van der Waals surface area contributed by atoms with E-state index in [1.54, 1.807) is 0 Å². The molecule has 0 N–H and O–H groups in total. The first-order chi connectivity index (χ1) is 13.8. The molecule has 0 unspecified atom stereocenters. The number of esters is 1. The predicted molar refractivity (Wildman–Crippen MR) is 119 cm³/mol. The van der Waals surface area contributed by atoms with Gasteiger partial charge < -0.3 is 14.0 Å². The Morgan fingerprint density at radius 3 is 2.83 bits per heavy atom. The smallest absolute Gasteiger partial charge is 0.356 e. The number of carbonyl (C=O) groups is 1. The van der Waals surface area contributed by atoms with Gasteiger partial charge in [0.05, 0.1) is 18.1 Å². The van der Waals surface area contributed by atoms with E-state index >= 15 is 0 Å². The van der Waals surface area contributed by atoms with Gasteiger partial charge in [-0.25, -0.2) is 9.78 Å². The Hall–Kier alpha value is -1.70. The highest BCUT2D eigenvalue weighted by molar-refractivity contribution is 6.76. The van der Waals surface area contributed by atoms with Gasteiger partial charge >= 0.3 is 5.97 Å². The fourth-order valence-corrected chi connectivity index (χ4v) is 4.70. The van der Waals surface area contributed by atoms with E-state index in [0.717, 1.165) is 48.9 Å². The fourth-order valence-electron chi connectivity index (χ4n) is 3.95. The number of hydrogen-bond acceptors (Lipinski definition) is 5.